The van der Waals surface area contributed by atoms with Crippen molar-refractivity contribution in [1.29, 1.82) is 0 Å². The number of benzene rings is 1. The van der Waals surface area contributed by atoms with E-state index in [0.717, 1.165) is 23.8 Å². The van der Waals surface area contributed by atoms with Crippen LogP contribution in [0.15, 0.2) is 35.7 Å². The van der Waals surface area contributed by atoms with Gasteiger partial charge in [0.25, 0.3) is 0 Å². The summed E-state index contributed by atoms with van der Waals surface area (Å²) in [5, 5.41) is 6.19. The molecule has 1 N–H and O–H groups in total. The second kappa shape index (κ2) is 7.65. The molecule has 0 atom stereocenters. The average molecular weight is 290 g/mol. The number of carbonyl (C=O) groups is 1. The van der Waals surface area contributed by atoms with Crippen molar-refractivity contribution in [1.82, 2.24) is 4.98 Å². The Labute approximate surface area is 122 Å². The van der Waals surface area contributed by atoms with Gasteiger partial charge in [0.2, 0.25) is 0 Å². The van der Waals surface area contributed by atoms with Gasteiger partial charge >= 0.3 is 5.97 Å². The molecule has 106 valence electrons. The first-order chi connectivity index (χ1) is 9.78. The Kier molecular flexibility index (Phi) is 5.55. The molecule has 1 aromatic carbocycles. The van der Waals surface area contributed by atoms with Gasteiger partial charge in [0, 0.05) is 18.3 Å². The predicted molar refractivity (Wildman–Crippen MR) is 81.1 cm³/mol. The van der Waals surface area contributed by atoms with Crippen molar-refractivity contribution in [3.05, 3.63) is 47.0 Å². The second-order valence-electron chi connectivity index (χ2n) is 4.38. The van der Waals surface area contributed by atoms with Crippen LogP contribution in [0.3, 0.4) is 0 Å². The van der Waals surface area contributed by atoms with Gasteiger partial charge < -0.3 is 10.1 Å². The Morgan fingerprint density at radius 2 is 2.10 bits per heavy atom. The van der Waals surface area contributed by atoms with E-state index in [-0.39, 0.29) is 5.97 Å². The third kappa shape index (κ3) is 4.66. The molecule has 0 saturated carbocycles. The molecule has 0 aliphatic heterocycles. The molecule has 0 spiro atoms. The fraction of sp³-hybridized carbons (Fsp3) is 0.333. The molecular weight excluding hydrogens is 272 g/mol. The summed E-state index contributed by atoms with van der Waals surface area (Å²) in [5.74, 6) is -0.198. The Balaban J connectivity index is 1.74. The van der Waals surface area contributed by atoms with Gasteiger partial charge in [0.1, 0.15) is 0 Å². The van der Waals surface area contributed by atoms with Crippen LogP contribution in [0.1, 0.15) is 17.7 Å². The average Bonchev–Trinajstić information content (AvgIpc) is 2.94. The van der Waals surface area contributed by atoms with Crippen molar-refractivity contribution in [2.45, 2.75) is 19.3 Å². The molecule has 2 rings (SSSR count). The normalized spacial score (nSPS) is 10.2. The van der Waals surface area contributed by atoms with Gasteiger partial charge in [0.15, 0.2) is 5.13 Å². The summed E-state index contributed by atoms with van der Waals surface area (Å²) >= 11 is 1.57. The molecule has 0 aliphatic rings. The molecule has 1 aromatic heterocycles. The van der Waals surface area contributed by atoms with Crippen LogP contribution in [-0.4, -0.2) is 24.6 Å². The van der Waals surface area contributed by atoms with E-state index in [1.807, 2.05) is 23.6 Å². The highest BCUT2D eigenvalue weighted by molar-refractivity contribution is 7.13. The summed E-state index contributed by atoms with van der Waals surface area (Å²) < 4.78 is 4.61. The van der Waals surface area contributed by atoms with E-state index >= 15 is 0 Å². The lowest BCUT2D eigenvalue weighted by molar-refractivity contribution is -0.140. The molecular formula is C15H18N2O2S. The number of carbonyl (C=O) groups excluding carboxylic acids is 1. The van der Waals surface area contributed by atoms with Crippen molar-refractivity contribution < 1.29 is 9.53 Å². The Bertz CT molecular complexity index is 540. The third-order valence-corrected chi connectivity index (χ3v) is 3.75. The van der Waals surface area contributed by atoms with Crippen LogP contribution in [0.2, 0.25) is 0 Å². The fourth-order valence-corrected chi connectivity index (χ4v) is 2.57. The maximum atomic E-state index is 11.1. The molecule has 5 heteroatoms. The van der Waals surface area contributed by atoms with E-state index in [1.54, 1.807) is 11.3 Å². The highest BCUT2D eigenvalue weighted by Gasteiger charge is 2.05. The van der Waals surface area contributed by atoms with E-state index in [9.17, 15) is 4.79 Å². The minimum Gasteiger partial charge on any atom is -0.469 e. The summed E-state index contributed by atoms with van der Waals surface area (Å²) in [7, 11) is 1.40. The number of thiazole rings is 1. The third-order valence-electron chi connectivity index (χ3n) is 2.90. The number of nitrogens with zero attached hydrogens (tertiary/aromatic N) is 1. The molecule has 20 heavy (non-hydrogen) atoms. The Hall–Kier alpha value is -1.88. The first-order valence-corrected chi connectivity index (χ1v) is 7.45. The molecule has 0 saturated heterocycles. The van der Waals surface area contributed by atoms with Crippen molar-refractivity contribution in [3.8, 4) is 0 Å². The molecule has 4 nitrogen and oxygen atoms in total. The summed E-state index contributed by atoms with van der Waals surface area (Å²) in [4.78, 5) is 15.5. The molecule has 0 bridgehead atoms. The van der Waals surface area contributed by atoms with Gasteiger partial charge in [0.05, 0.1) is 19.2 Å². The van der Waals surface area contributed by atoms with Gasteiger partial charge in [-0.1, -0.05) is 30.3 Å². The molecule has 0 amide bonds. The highest BCUT2D eigenvalue weighted by Crippen LogP contribution is 2.16. The number of methoxy groups -OCH3 is 1. The van der Waals surface area contributed by atoms with Crippen LogP contribution < -0.4 is 5.32 Å². The van der Waals surface area contributed by atoms with Crippen LogP contribution in [0, 0.1) is 0 Å². The number of nitrogens with one attached hydrogen (secondary N) is 1. The van der Waals surface area contributed by atoms with Gasteiger partial charge in [-0.3, -0.25) is 4.79 Å². The minimum absolute atomic E-state index is 0.198. The molecule has 0 fully saturated rings. The number of aryl methyl sites for hydroxylation is 1. The zero-order chi connectivity index (χ0) is 14.2. The summed E-state index contributed by atoms with van der Waals surface area (Å²) in [6.07, 6.45) is 1.98. The first kappa shape index (κ1) is 14.5. The molecule has 2 aromatic rings. The molecule has 0 unspecified atom stereocenters. The number of ether oxygens (including phenoxy) is 1. The van der Waals surface area contributed by atoms with E-state index in [1.165, 1.54) is 12.7 Å². The smallest absolute Gasteiger partial charge is 0.305 e. The van der Waals surface area contributed by atoms with Gasteiger partial charge in [-0.2, -0.15) is 0 Å². The maximum absolute atomic E-state index is 11.1. The monoisotopic (exact) mass is 290 g/mol. The zero-order valence-electron chi connectivity index (χ0n) is 11.5. The summed E-state index contributed by atoms with van der Waals surface area (Å²) in [6.45, 7) is 0.855. The van der Waals surface area contributed by atoms with Crippen LogP contribution in [0.5, 0.6) is 0 Å². The standard InChI is InChI=1S/C15H18N2O2S/c1-19-14(18)8-7-13-11-20-15(17-13)16-10-9-12-5-3-2-4-6-12/h2-6,11H,7-10H2,1H3,(H,16,17). The van der Waals surface area contributed by atoms with Crippen LogP contribution in [-0.2, 0) is 22.4 Å². The lowest BCUT2D eigenvalue weighted by Crippen LogP contribution is -2.05. The van der Waals surface area contributed by atoms with Crippen LogP contribution >= 0.6 is 11.3 Å². The van der Waals surface area contributed by atoms with Crippen molar-refractivity contribution >= 4 is 22.4 Å². The highest BCUT2D eigenvalue weighted by atomic mass is 32.1. The number of hydrogen-bond acceptors (Lipinski definition) is 5. The van der Waals surface area contributed by atoms with E-state index in [2.05, 4.69) is 27.2 Å². The van der Waals surface area contributed by atoms with Crippen molar-refractivity contribution in [2.75, 3.05) is 19.0 Å². The van der Waals surface area contributed by atoms with E-state index in [0.29, 0.717) is 12.8 Å². The first-order valence-electron chi connectivity index (χ1n) is 6.57. The summed E-state index contributed by atoms with van der Waals surface area (Å²) in [5.41, 5.74) is 2.24. The number of rotatable bonds is 7. The maximum Gasteiger partial charge on any atom is 0.305 e. The van der Waals surface area contributed by atoms with E-state index < -0.39 is 0 Å². The Morgan fingerprint density at radius 1 is 1.30 bits per heavy atom. The quantitative estimate of drug-likeness (QED) is 0.797. The molecule has 0 radical (unpaired) electrons. The number of anilines is 1. The van der Waals surface area contributed by atoms with E-state index in [4.69, 9.17) is 0 Å². The number of esters is 1. The summed E-state index contributed by atoms with van der Waals surface area (Å²) in [6, 6.07) is 10.3. The SMILES string of the molecule is COC(=O)CCc1csc(NCCc2ccccc2)n1. The Morgan fingerprint density at radius 3 is 2.85 bits per heavy atom. The minimum atomic E-state index is -0.198. The number of aromatic nitrogens is 1. The lowest BCUT2D eigenvalue weighted by Gasteiger charge is -2.02. The topological polar surface area (TPSA) is 51.2 Å². The van der Waals surface area contributed by atoms with Crippen LogP contribution in [0.4, 0.5) is 5.13 Å². The molecule has 1 heterocycles. The second-order valence-corrected chi connectivity index (χ2v) is 5.24. The van der Waals surface area contributed by atoms with Crippen molar-refractivity contribution in [3.63, 3.8) is 0 Å². The largest absolute Gasteiger partial charge is 0.469 e. The van der Waals surface area contributed by atoms with Crippen LogP contribution in [0.25, 0.3) is 0 Å². The fourth-order valence-electron chi connectivity index (χ4n) is 1.79. The van der Waals surface area contributed by atoms with Crippen molar-refractivity contribution in [2.24, 2.45) is 0 Å². The zero-order valence-corrected chi connectivity index (χ0v) is 12.3. The number of hydrogen-bond donors (Lipinski definition) is 1. The lowest BCUT2D eigenvalue weighted by atomic mass is 10.1. The van der Waals surface area contributed by atoms with Gasteiger partial charge in [-0.25, -0.2) is 4.98 Å². The van der Waals surface area contributed by atoms with Gasteiger partial charge in [-0.15, -0.1) is 11.3 Å². The van der Waals surface area contributed by atoms with Gasteiger partial charge in [-0.05, 0) is 12.0 Å². The predicted octanol–water partition coefficient (Wildman–Crippen LogP) is 2.90. The molecule has 0 aliphatic carbocycles.